The van der Waals surface area contributed by atoms with Crippen LogP contribution in [0, 0.1) is 6.92 Å². The molecule has 0 aliphatic carbocycles. The van der Waals surface area contributed by atoms with Crippen molar-refractivity contribution < 1.29 is 14.7 Å². The first kappa shape index (κ1) is 16.0. The second-order valence-electron chi connectivity index (χ2n) is 4.73. The van der Waals surface area contributed by atoms with Crippen LogP contribution >= 0.6 is 0 Å². The van der Waals surface area contributed by atoms with Gasteiger partial charge < -0.3 is 10.0 Å². The molecule has 0 aliphatic rings. The number of amides is 1. The van der Waals surface area contributed by atoms with E-state index in [0.29, 0.717) is 6.54 Å². The predicted molar refractivity (Wildman–Crippen MR) is 79.3 cm³/mol. The summed E-state index contributed by atoms with van der Waals surface area (Å²) in [4.78, 5) is 24.0. The van der Waals surface area contributed by atoms with E-state index in [2.05, 4.69) is 0 Å². The largest absolute Gasteiger partial charge is 0.480 e. The van der Waals surface area contributed by atoms with E-state index in [0.717, 1.165) is 12.0 Å². The normalized spacial score (nSPS) is 10.7. The summed E-state index contributed by atoms with van der Waals surface area (Å²) in [7, 11) is 0. The van der Waals surface area contributed by atoms with Crippen molar-refractivity contribution in [2.45, 2.75) is 26.7 Å². The lowest BCUT2D eigenvalue weighted by molar-refractivity contribution is -0.144. The molecule has 1 rings (SSSR count). The van der Waals surface area contributed by atoms with Gasteiger partial charge in [-0.2, -0.15) is 0 Å². The quantitative estimate of drug-likeness (QED) is 0.832. The van der Waals surface area contributed by atoms with Gasteiger partial charge in [0.25, 0.3) is 0 Å². The predicted octanol–water partition coefficient (Wildman–Crippen LogP) is 2.72. The van der Waals surface area contributed by atoms with Crippen molar-refractivity contribution >= 4 is 18.0 Å². The Labute approximate surface area is 119 Å². The minimum atomic E-state index is -0.977. The molecule has 1 aromatic rings. The van der Waals surface area contributed by atoms with E-state index < -0.39 is 5.97 Å². The lowest BCUT2D eigenvalue weighted by Crippen LogP contribution is -2.35. The average Bonchev–Trinajstić information content (AvgIpc) is 2.40. The molecule has 0 aliphatic heterocycles. The number of hydrogen-bond donors (Lipinski definition) is 1. The third kappa shape index (κ3) is 5.69. The molecule has 0 heterocycles. The van der Waals surface area contributed by atoms with E-state index >= 15 is 0 Å². The van der Waals surface area contributed by atoms with Crippen molar-refractivity contribution in [3.8, 4) is 0 Å². The monoisotopic (exact) mass is 275 g/mol. The van der Waals surface area contributed by atoms with Crippen molar-refractivity contribution in [1.29, 1.82) is 0 Å². The van der Waals surface area contributed by atoms with Crippen LogP contribution in [0.3, 0.4) is 0 Å². The fraction of sp³-hybridized carbons (Fsp3) is 0.375. The average molecular weight is 275 g/mol. The Bertz CT molecular complexity index is 477. The molecule has 0 bridgehead atoms. The number of carbonyl (C=O) groups excluding carboxylic acids is 1. The third-order valence-corrected chi connectivity index (χ3v) is 2.85. The molecule has 0 unspecified atom stereocenters. The Morgan fingerprint density at radius 3 is 2.45 bits per heavy atom. The maximum absolute atomic E-state index is 11.9. The summed E-state index contributed by atoms with van der Waals surface area (Å²) < 4.78 is 0. The maximum Gasteiger partial charge on any atom is 0.323 e. The number of nitrogens with zero attached hydrogens (tertiary/aromatic N) is 1. The highest BCUT2D eigenvalue weighted by Gasteiger charge is 2.14. The van der Waals surface area contributed by atoms with Gasteiger partial charge in [-0.15, -0.1) is 0 Å². The minimum Gasteiger partial charge on any atom is -0.480 e. The molecule has 0 spiro atoms. The lowest BCUT2D eigenvalue weighted by Gasteiger charge is -2.18. The molecule has 0 aromatic heterocycles. The number of carboxylic acids is 1. The van der Waals surface area contributed by atoms with Crippen molar-refractivity contribution in [2.24, 2.45) is 0 Å². The van der Waals surface area contributed by atoms with Gasteiger partial charge >= 0.3 is 5.97 Å². The van der Waals surface area contributed by atoms with Crippen LogP contribution in [0.2, 0.25) is 0 Å². The summed E-state index contributed by atoms with van der Waals surface area (Å²) in [6.07, 6.45) is 4.63. The highest BCUT2D eigenvalue weighted by atomic mass is 16.4. The van der Waals surface area contributed by atoms with E-state index in [1.807, 2.05) is 44.2 Å². The Kier molecular flexibility index (Phi) is 6.50. The molecule has 4 nitrogen and oxygen atoms in total. The highest BCUT2D eigenvalue weighted by molar-refractivity contribution is 5.82. The summed E-state index contributed by atoms with van der Waals surface area (Å²) in [5.74, 6) is -1.13. The number of aryl methyl sites for hydroxylation is 1. The van der Waals surface area contributed by atoms with Crippen LogP contribution in [0.15, 0.2) is 30.3 Å². The molecular formula is C16H21NO3. The van der Waals surface area contributed by atoms with Crippen molar-refractivity contribution in [2.75, 3.05) is 13.1 Å². The summed E-state index contributed by atoms with van der Waals surface area (Å²) in [6.45, 7) is 4.18. The summed E-state index contributed by atoms with van der Waals surface area (Å²) >= 11 is 0. The summed E-state index contributed by atoms with van der Waals surface area (Å²) in [6, 6.07) is 7.99. The third-order valence-electron chi connectivity index (χ3n) is 2.85. The Hall–Kier alpha value is -2.10. The molecule has 0 saturated carbocycles. The molecule has 0 saturated heterocycles. The molecule has 0 atom stereocenters. The lowest BCUT2D eigenvalue weighted by atomic mass is 10.1. The van der Waals surface area contributed by atoms with Crippen molar-refractivity contribution in [3.63, 3.8) is 0 Å². The van der Waals surface area contributed by atoms with Crippen molar-refractivity contribution in [1.82, 2.24) is 4.90 Å². The standard InChI is InChI=1S/C16H21NO3/c1-3-11-17(12-16(19)20)15(18)6-4-5-14-9-7-13(2)8-10-14/h4-5,7-10H,3,6,11-12H2,1-2H3,(H,19,20)/b5-4+. The molecule has 0 fully saturated rings. The van der Waals surface area contributed by atoms with E-state index in [-0.39, 0.29) is 18.9 Å². The smallest absolute Gasteiger partial charge is 0.323 e. The van der Waals surface area contributed by atoms with Gasteiger partial charge in [0.15, 0.2) is 0 Å². The molecule has 1 N–H and O–H groups in total. The van der Waals surface area contributed by atoms with Gasteiger partial charge in [0.2, 0.25) is 5.91 Å². The molecule has 1 aromatic carbocycles. The van der Waals surface area contributed by atoms with Crippen LogP contribution in [0.25, 0.3) is 6.08 Å². The van der Waals surface area contributed by atoms with Gasteiger partial charge in [-0.05, 0) is 18.9 Å². The zero-order chi connectivity index (χ0) is 15.0. The van der Waals surface area contributed by atoms with Crippen LogP contribution in [-0.4, -0.2) is 35.0 Å². The van der Waals surface area contributed by atoms with Gasteiger partial charge in [0.05, 0.1) is 0 Å². The molecule has 0 radical (unpaired) electrons. The number of aliphatic carboxylic acids is 1. The molecule has 20 heavy (non-hydrogen) atoms. The Balaban J connectivity index is 2.55. The van der Waals surface area contributed by atoms with Crippen LogP contribution in [0.1, 0.15) is 30.9 Å². The molecule has 1 amide bonds. The van der Waals surface area contributed by atoms with Crippen LogP contribution < -0.4 is 0 Å². The van der Waals surface area contributed by atoms with Crippen LogP contribution in [0.5, 0.6) is 0 Å². The van der Waals surface area contributed by atoms with Gasteiger partial charge in [0, 0.05) is 13.0 Å². The Morgan fingerprint density at radius 2 is 1.90 bits per heavy atom. The highest BCUT2D eigenvalue weighted by Crippen LogP contribution is 2.06. The fourth-order valence-electron chi connectivity index (χ4n) is 1.83. The zero-order valence-corrected chi connectivity index (χ0v) is 12.0. The second kappa shape index (κ2) is 8.15. The second-order valence-corrected chi connectivity index (χ2v) is 4.73. The topological polar surface area (TPSA) is 57.6 Å². The number of hydrogen-bond acceptors (Lipinski definition) is 2. The summed E-state index contributed by atoms with van der Waals surface area (Å²) in [5.41, 5.74) is 2.22. The fourth-order valence-corrected chi connectivity index (χ4v) is 1.83. The van der Waals surface area contributed by atoms with Gasteiger partial charge in [0.1, 0.15) is 6.54 Å². The molecule has 108 valence electrons. The molecule has 4 heteroatoms. The van der Waals surface area contributed by atoms with E-state index in [9.17, 15) is 9.59 Å². The van der Waals surface area contributed by atoms with Gasteiger partial charge in [-0.25, -0.2) is 0 Å². The number of carboxylic acid groups (broad SMARTS) is 1. The Morgan fingerprint density at radius 1 is 1.25 bits per heavy atom. The van der Waals surface area contributed by atoms with Crippen LogP contribution in [0.4, 0.5) is 0 Å². The SMILES string of the molecule is CCCN(CC(=O)O)C(=O)C/C=C/c1ccc(C)cc1. The zero-order valence-electron chi connectivity index (χ0n) is 12.0. The van der Waals surface area contributed by atoms with Crippen LogP contribution in [-0.2, 0) is 9.59 Å². The van der Waals surface area contributed by atoms with Gasteiger partial charge in [-0.1, -0.05) is 48.9 Å². The van der Waals surface area contributed by atoms with E-state index in [1.54, 1.807) is 6.08 Å². The van der Waals surface area contributed by atoms with E-state index in [1.165, 1.54) is 10.5 Å². The first-order valence-corrected chi connectivity index (χ1v) is 6.75. The van der Waals surface area contributed by atoms with Gasteiger partial charge in [-0.3, -0.25) is 9.59 Å². The molecular weight excluding hydrogens is 254 g/mol. The number of benzene rings is 1. The minimum absolute atomic E-state index is 0.155. The van der Waals surface area contributed by atoms with Crippen molar-refractivity contribution in [3.05, 3.63) is 41.5 Å². The maximum atomic E-state index is 11.9. The number of rotatable bonds is 7. The first-order valence-electron chi connectivity index (χ1n) is 6.75. The summed E-state index contributed by atoms with van der Waals surface area (Å²) in [5, 5.41) is 8.78. The van der Waals surface area contributed by atoms with E-state index in [4.69, 9.17) is 5.11 Å². The first-order chi connectivity index (χ1) is 9.52. The number of carbonyl (C=O) groups is 2.